The summed E-state index contributed by atoms with van der Waals surface area (Å²) in [6.07, 6.45) is 2.17. The standard InChI is InChI=1S/C17H20O2.C2H6/c1-3-12-7-5-9-14(16(12)18)11-15-10-6-8-13(4-2)17(15)19;1-2/h5-10,18-19H,3-4,11H2,1-2H3;1-2H3. The number of phenolic OH excluding ortho intramolecular Hbond substituents is 2. The van der Waals surface area contributed by atoms with Crippen molar-refractivity contribution in [1.82, 2.24) is 0 Å². The fourth-order valence-electron chi connectivity index (χ4n) is 2.35. The van der Waals surface area contributed by atoms with Crippen LogP contribution in [-0.2, 0) is 19.3 Å². The van der Waals surface area contributed by atoms with Crippen molar-refractivity contribution in [2.24, 2.45) is 0 Å². The molecule has 21 heavy (non-hydrogen) atoms. The van der Waals surface area contributed by atoms with Gasteiger partial charge in [-0.15, -0.1) is 0 Å². The van der Waals surface area contributed by atoms with Crippen LogP contribution in [0, 0.1) is 0 Å². The van der Waals surface area contributed by atoms with E-state index in [0.29, 0.717) is 17.9 Å². The molecule has 0 saturated heterocycles. The van der Waals surface area contributed by atoms with Crippen LogP contribution >= 0.6 is 0 Å². The van der Waals surface area contributed by atoms with E-state index in [1.165, 1.54) is 0 Å². The van der Waals surface area contributed by atoms with Crippen molar-refractivity contribution < 1.29 is 10.2 Å². The Morgan fingerprint density at radius 2 is 1.00 bits per heavy atom. The molecule has 0 aromatic heterocycles. The first kappa shape index (κ1) is 17.1. The fourth-order valence-corrected chi connectivity index (χ4v) is 2.35. The zero-order chi connectivity index (χ0) is 15.8. The molecule has 0 fully saturated rings. The van der Waals surface area contributed by atoms with Gasteiger partial charge in [-0.05, 0) is 35.1 Å². The lowest BCUT2D eigenvalue weighted by Crippen LogP contribution is -1.94. The van der Waals surface area contributed by atoms with Crippen molar-refractivity contribution in [2.45, 2.75) is 47.0 Å². The van der Waals surface area contributed by atoms with E-state index in [0.717, 1.165) is 35.1 Å². The Morgan fingerprint density at radius 1 is 0.667 bits per heavy atom. The number of benzene rings is 2. The molecule has 0 aliphatic heterocycles. The summed E-state index contributed by atoms with van der Waals surface area (Å²) in [7, 11) is 0. The summed E-state index contributed by atoms with van der Waals surface area (Å²) in [5.74, 6) is 0.706. The fraction of sp³-hybridized carbons (Fsp3) is 0.368. The van der Waals surface area contributed by atoms with E-state index in [1.807, 2.05) is 64.1 Å². The molecular weight excluding hydrogens is 260 g/mol. The predicted octanol–water partition coefficient (Wildman–Crippen LogP) is 4.84. The monoisotopic (exact) mass is 286 g/mol. The molecule has 2 N–H and O–H groups in total. The van der Waals surface area contributed by atoms with Crippen molar-refractivity contribution in [1.29, 1.82) is 0 Å². The van der Waals surface area contributed by atoms with E-state index < -0.39 is 0 Å². The molecule has 0 bridgehead atoms. The molecule has 114 valence electrons. The zero-order valence-electron chi connectivity index (χ0n) is 13.5. The molecule has 2 nitrogen and oxygen atoms in total. The number of hydrogen-bond acceptors (Lipinski definition) is 2. The largest absolute Gasteiger partial charge is 0.507 e. The Morgan fingerprint density at radius 3 is 1.33 bits per heavy atom. The van der Waals surface area contributed by atoms with Crippen LogP contribution < -0.4 is 0 Å². The maximum atomic E-state index is 10.2. The Bertz CT molecular complexity index is 522. The van der Waals surface area contributed by atoms with Crippen molar-refractivity contribution in [3.63, 3.8) is 0 Å². The van der Waals surface area contributed by atoms with Crippen LogP contribution in [0.1, 0.15) is 49.9 Å². The van der Waals surface area contributed by atoms with Crippen LogP contribution in [0.15, 0.2) is 36.4 Å². The normalized spacial score (nSPS) is 9.90. The van der Waals surface area contributed by atoms with Crippen LogP contribution in [0.25, 0.3) is 0 Å². The molecule has 2 rings (SSSR count). The van der Waals surface area contributed by atoms with Gasteiger partial charge in [-0.3, -0.25) is 0 Å². The van der Waals surface area contributed by atoms with Gasteiger partial charge in [0.25, 0.3) is 0 Å². The number of aryl methyl sites for hydroxylation is 2. The second-order valence-corrected chi connectivity index (χ2v) is 4.73. The summed E-state index contributed by atoms with van der Waals surface area (Å²) in [6, 6.07) is 11.6. The van der Waals surface area contributed by atoms with Crippen molar-refractivity contribution in [3.05, 3.63) is 58.7 Å². The number of phenols is 2. The Labute approximate surface area is 128 Å². The lowest BCUT2D eigenvalue weighted by atomic mass is 9.97. The molecule has 2 aromatic rings. The summed E-state index contributed by atoms with van der Waals surface area (Å²) in [6.45, 7) is 8.04. The summed E-state index contributed by atoms with van der Waals surface area (Å²) < 4.78 is 0. The first-order valence-electron chi connectivity index (χ1n) is 7.76. The van der Waals surface area contributed by atoms with Crippen molar-refractivity contribution >= 4 is 0 Å². The lowest BCUT2D eigenvalue weighted by molar-refractivity contribution is 0.456. The van der Waals surface area contributed by atoms with E-state index in [4.69, 9.17) is 0 Å². The van der Waals surface area contributed by atoms with Crippen molar-refractivity contribution in [2.75, 3.05) is 0 Å². The van der Waals surface area contributed by atoms with Gasteiger partial charge in [0.1, 0.15) is 11.5 Å². The number of hydrogen-bond donors (Lipinski definition) is 2. The van der Waals surface area contributed by atoms with Gasteiger partial charge in [0, 0.05) is 6.42 Å². The third-order valence-corrected chi connectivity index (χ3v) is 3.55. The van der Waals surface area contributed by atoms with Crippen molar-refractivity contribution in [3.8, 4) is 11.5 Å². The van der Waals surface area contributed by atoms with Crippen LogP contribution in [0.4, 0.5) is 0 Å². The van der Waals surface area contributed by atoms with Crippen LogP contribution in [0.2, 0.25) is 0 Å². The summed E-state index contributed by atoms with van der Waals surface area (Å²) in [5.41, 5.74) is 3.62. The van der Waals surface area contributed by atoms with E-state index in [2.05, 4.69) is 0 Å². The van der Waals surface area contributed by atoms with Gasteiger partial charge in [0.05, 0.1) is 0 Å². The van der Waals surface area contributed by atoms with Crippen LogP contribution in [-0.4, -0.2) is 10.2 Å². The molecule has 0 aliphatic rings. The van der Waals surface area contributed by atoms with Gasteiger partial charge in [-0.2, -0.15) is 0 Å². The molecule has 0 saturated carbocycles. The van der Waals surface area contributed by atoms with Gasteiger partial charge in [-0.1, -0.05) is 64.1 Å². The lowest BCUT2D eigenvalue weighted by Gasteiger charge is -2.11. The molecule has 0 atom stereocenters. The minimum absolute atomic E-state index is 0.353. The second-order valence-electron chi connectivity index (χ2n) is 4.73. The first-order chi connectivity index (χ1) is 10.2. The van der Waals surface area contributed by atoms with E-state index in [1.54, 1.807) is 0 Å². The summed E-state index contributed by atoms with van der Waals surface area (Å²) in [5, 5.41) is 20.4. The van der Waals surface area contributed by atoms with Gasteiger partial charge in [0.15, 0.2) is 0 Å². The van der Waals surface area contributed by atoms with Gasteiger partial charge >= 0.3 is 0 Å². The average molecular weight is 286 g/mol. The molecule has 0 unspecified atom stereocenters. The highest BCUT2D eigenvalue weighted by atomic mass is 16.3. The molecular formula is C19H26O2. The van der Waals surface area contributed by atoms with E-state index >= 15 is 0 Å². The average Bonchev–Trinajstić information content (AvgIpc) is 2.53. The highest BCUT2D eigenvalue weighted by Crippen LogP contribution is 2.30. The molecule has 0 amide bonds. The molecule has 0 heterocycles. The number of aromatic hydroxyl groups is 2. The minimum atomic E-state index is 0.353. The third kappa shape index (κ3) is 4.01. The smallest absolute Gasteiger partial charge is 0.122 e. The van der Waals surface area contributed by atoms with Gasteiger partial charge in [0.2, 0.25) is 0 Å². The molecule has 2 aromatic carbocycles. The molecule has 2 heteroatoms. The number of rotatable bonds is 4. The second kappa shape index (κ2) is 8.35. The minimum Gasteiger partial charge on any atom is -0.507 e. The third-order valence-electron chi connectivity index (χ3n) is 3.55. The highest BCUT2D eigenvalue weighted by Gasteiger charge is 2.10. The quantitative estimate of drug-likeness (QED) is 0.844. The predicted molar refractivity (Wildman–Crippen MR) is 89.1 cm³/mol. The Balaban J connectivity index is 0.00000106. The van der Waals surface area contributed by atoms with Gasteiger partial charge < -0.3 is 10.2 Å². The Kier molecular flexibility index (Phi) is 6.80. The Hall–Kier alpha value is -1.96. The summed E-state index contributed by atoms with van der Waals surface area (Å²) >= 11 is 0. The highest BCUT2D eigenvalue weighted by molar-refractivity contribution is 5.47. The molecule has 0 aliphatic carbocycles. The van der Waals surface area contributed by atoms with E-state index in [-0.39, 0.29) is 0 Å². The molecule has 0 radical (unpaired) electrons. The molecule has 0 spiro atoms. The van der Waals surface area contributed by atoms with Crippen LogP contribution in [0.5, 0.6) is 11.5 Å². The zero-order valence-corrected chi connectivity index (χ0v) is 13.5. The topological polar surface area (TPSA) is 40.5 Å². The maximum Gasteiger partial charge on any atom is 0.122 e. The van der Waals surface area contributed by atoms with E-state index in [9.17, 15) is 10.2 Å². The number of para-hydroxylation sites is 2. The van der Waals surface area contributed by atoms with Crippen LogP contribution in [0.3, 0.4) is 0 Å². The SMILES string of the molecule is CC.CCc1cccc(Cc2cccc(CC)c2O)c1O. The summed E-state index contributed by atoms with van der Waals surface area (Å²) in [4.78, 5) is 0. The maximum absolute atomic E-state index is 10.2. The van der Waals surface area contributed by atoms with Gasteiger partial charge in [-0.25, -0.2) is 0 Å². The first-order valence-corrected chi connectivity index (χ1v) is 7.76.